The zero-order valence-corrected chi connectivity index (χ0v) is 15.4. The van der Waals surface area contributed by atoms with Crippen molar-refractivity contribution in [1.29, 1.82) is 5.26 Å². The Hall–Kier alpha value is -3.00. The second-order valence-electron chi connectivity index (χ2n) is 6.28. The standard InChI is InChI=1S/C21H24N2O3/c1-15(2)20(26-19-7-5-4-6-17(19)14-22)21(24)23-13-12-16-8-10-18(25-3)11-9-16/h4-11,15,20H,12-13H2,1-3H3,(H,23,24). The van der Waals surface area contributed by atoms with Crippen molar-refractivity contribution < 1.29 is 14.3 Å². The Kier molecular flexibility index (Phi) is 7.04. The number of ether oxygens (including phenoxy) is 2. The van der Waals surface area contributed by atoms with Gasteiger partial charge in [0.1, 0.15) is 17.6 Å². The summed E-state index contributed by atoms with van der Waals surface area (Å²) >= 11 is 0. The van der Waals surface area contributed by atoms with Gasteiger partial charge in [-0.1, -0.05) is 38.1 Å². The fourth-order valence-electron chi connectivity index (χ4n) is 2.51. The first kappa shape index (κ1) is 19.3. The molecule has 1 N–H and O–H groups in total. The van der Waals surface area contributed by atoms with Gasteiger partial charge >= 0.3 is 0 Å². The van der Waals surface area contributed by atoms with Crippen molar-refractivity contribution in [2.45, 2.75) is 26.4 Å². The molecule has 136 valence electrons. The number of carbonyl (C=O) groups is 1. The molecule has 0 saturated carbocycles. The number of nitrogens with one attached hydrogen (secondary N) is 1. The van der Waals surface area contributed by atoms with E-state index in [1.165, 1.54) is 0 Å². The highest BCUT2D eigenvalue weighted by atomic mass is 16.5. The van der Waals surface area contributed by atoms with Crippen molar-refractivity contribution >= 4 is 5.91 Å². The molecule has 0 aliphatic carbocycles. The highest BCUT2D eigenvalue weighted by Gasteiger charge is 2.24. The Morgan fingerprint density at radius 3 is 2.46 bits per heavy atom. The Bertz CT molecular complexity index is 764. The van der Waals surface area contributed by atoms with Crippen LogP contribution in [0.3, 0.4) is 0 Å². The maximum absolute atomic E-state index is 12.5. The van der Waals surface area contributed by atoms with Gasteiger partial charge in [0.05, 0.1) is 12.7 Å². The van der Waals surface area contributed by atoms with Gasteiger partial charge in [-0.15, -0.1) is 0 Å². The molecule has 0 aliphatic rings. The zero-order chi connectivity index (χ0) is 18.9. The number of rotatable bonds is 8. The minimum Gasteiger partial charge on any atom is -0.497 e. The van der Waals surface area contributed by atoms with Gasteiger partial charge in [-0.05, 0) is 42.2 Å². The molecule has 1 unspecified atom stereocenters. The molecule has 5 heteroatoms. The summed E-state index contributed by atoms with van der Waals surface area (Å²) in [5.41, 5.74) is 1.53. The van der Waals surface area contributed by atoms with Gasteiger partial charge in [0.25, 0.3) is 5.91 Å². The molecule has 0 heterocycles. The summed E-state index contributed by atoms with van der Waals surface area (Å²) in [5.74, 6) is 1.03. The van der Waals surface area contributed by atoms with Crippen LogP contribution >= 0.6 is 0 Å². The maximum atomic E-state index is 12.5. The van der Waals surface area contributed by atoms with Gasteiger partial charge in [0, 0.05) is 6.54 Å². The summed E-state index contributed by atoms with van der Waals surface area (Å²) in [7, 11) is 1.63. The first-order valence-electron chi connectivity index (χ1n) is 8.61. The molecule has 1 amide bonds. The van der Waals surface area contributed by atoms with E-state index in [4.69, 9.17) is 9.47 Å². The topological polar surface area (TPSA) is 71.3 Å². The van der Waals surface area contributed by atoms with Gasteiger partial charge in [0.15, 0.2) is 6.10 Å². The number of hydrogen-bond acceptors (Lipinski definition) is 4. The van der Waals surface area contributed by atoms with Crippen LogP contribution in [0.5, 0.6) is 11.5 Å². The molecule has 0 spiro atoms. The molecule has 2 aromatic carbocycles. The Morgan fingerprint density at radius 2 is 1.85 bits per heavy atom. The molecule has 2 aromatic rings. The van der Waals surface area contributed by atoms with Crippen molar-refractivity contribution in [2.24, 2.45) is 5.92 Å². The molecule has 0 aliphatic heterocycles. The van der Waals surface area contributed by atoms with Crippen LogP contribution in [0, 0.1) is 17.2 Å². The van der Waals surface area contributed by atoms with Crippen molar-refractivity contribution in [3.8, 4) is 17.6 Å². The molecule has 1 atom stereocenters. The molecule has 2 rings (SSSR count). The second kappa shape index (κ2) is 9.47. The van der Waals surface area contributed by atoms with Gasteiger partial charge in [0.2, 0.25) is 0 Å². The number of benzene rings is 2. The number of carbonyl (C=O) groups excluding carboxylic acids is 1. The molecule has 0 bridgehead atoms. The molecule has 5 nitrogen and oxygen atoms in total. The van der Waals surface area contributed by atoms with Crippen LogP contribution in [0.25, 0.3) is 0 Å². The van der Waals surface area contributed by atoms with Gasteiger partial charge < -0.3 is 14.8 Å². The molecule has 26 heavy (non-hydrogen) atoms. The number of nitriles is 1. The quantitative estimate of drug-likeness (QED) is 0.791. The average Bonchev–Trinajstić information content (AvgIpc) is 2.66. The Labute approximate surface area is 154 Å². The average molecular weight is 352 g/mol. The Morgan fingerprint density at radius 1 is 1.15 bits per heavy atom. The lowest BCUT2D eigenvalue weighted by Gasteiger charge is -2.22. The predicted molar refractivity (Wildman–Crippen MR) is 100 cm³/mol. The number of para-hydroxylation sites is 1. The molecule has 0 aromatic heterocycles. The monoisotopic (exact) mass is 352 g/mol. The molecule has 0 radical (unpaired) electrons. The van der Waals surface area contributed by atoms with E-state index in [1.807, 2.05) is 38.1 Å². The van der Waals surface area contributed by atoms with Crippen LogP contribution in [-0.4, -0.2) is 25.7 Å². The van der Waals surface area contributed by atoms with Crippen LogP contribution in [0.1, 0.15) is 25.0 Å². The summed E-state index contributed by atoms with van der Waals surface area (Å²) in [6, 6.07) is 16.8. The van der Waals surface area contributed by atoms with E-state index in [-0.39, 0.29) is 11.8 Å². The van der Waals surface area contributed by atoms with E-state index in [1.54, 1.807) is 31.4 Å². The number of nitrogens with zero attached hydrogens (tertiary/aromatic N) is 1. The third kappa shape index (κ3) is 5.25. The normalized spacial score (nSPS) is 11.5. The van der Waals surface area contributed by atoms with Crippen LogP contribution < -0.4 is 14.8 Å². The first-order chi connectivity index (χ1) is 12.5. The smallest absolute Gasteiger partial charge is 0.261 e. The van der Waals surface area contributed by atoms with Gasteiger partial charge in [-0.2, -0.15) is 5.26 Å². The summed E-state index contributed by atoms with van der Waals surface area (Å²) in [6.45, 7) is 4.35. The number of hydrogen-bond donors (Lipinski definition) is 1. The summed E-state index contributed by atoms with van der Waals surface area (Å²) in [6.07, 6.45) is 0.0652. The maximum Gasteiger partial charge on any atom is 0.261 e. The van der Waals surface area contributed by atoms with E-state index in [2.05, 4.69) is 11.4 Å². The van der Waals surface area contributed by atoms with E-state index < -0.39 is 6.10 Å². The van der Waals surface area contributed by atoms with Crippen LogP contribution in [-0.2, 0) is 11.2 Å². The SMILES string of the molecule is COc1ccc(CCNC(=O)C(Oc2ccccc2C#N)C(C)C)cc1. The van der Waals surface area contributed by atoms with Crippen LogP contribution in [0.4, 0.5) is 0 Å². The summed E-state index contributed by atoms with van der Waals surface area (Å²) in [4.78, 5) is 12.5. The van der Waals surface area contributed by atoms with Crippen molar-refractivity contribution in [2.75, 3.05) is 13.7 Å². The van der Waals surface area contributed by atoms with Gasteiger partial charge in [-0.3, -0.25) is 4.79 Å². The lowest BCUT2D eigenvalue weighted by Crippen LogP contribution is -2.42. The first-order valence-corrected chi connectivity index (χ1v) is 8.61. The largest absolute Gasteiger partial charge is 0.497 e. The lowest BCUT2D eigenvalue weighted by molar-refractivity contribution is -0.129. The minimum absolute atomic E-state index is 0.0252. The zero-order valence-electron chi connectivity index (χ0n) is 15.4. The van der Waals surface area contributed by atoms with E-state index in [0.717, 1.165) is 17.7 Å². The Balaban J connectivity index is 1.94. The molecular formula is C21H24N2O3. The number of amides is 1. The lowest BCUT2D eigenvalue weighted by atomic mass is 10.1. The minimum atomic E-state index is -0.652. The predicted octanol–water partition coefficient (Wildman–Crippen LogP) is 3.33. The van der Waals surface area contributed by atoms with E-state index >= 15 is 0 Å². The highest BCUT2D eigenvalue weighted by Crippen LogP contribution is 2.21. The number of methoxy groups -OCH3 is 1. The fraction of sp³-hybridized carbons (Fsp3) is 0.333. The third-order valence-electron chi connectivity index (χ3n) is 4.00. The highest BCUT2D eigenvalue weighted by molar-refractivity contribution is 5.81. The fourth-order valence-corrected chi connectivity index (χ4v) is 2.51. The van der Waals surface area contributed by atoms with E-state index in [0.29, 0.717) is 17.9 Å². The molecule has 0 fully saturated rings. The van der Waals surface area contributed by atoms with Crippen molar-refractivity contribution in [3.05, 3.63) is 59.7 Å². The van der Waals surface area contributed by atoms with Crippen molar-refractivity contribution in [1.82, 2.24) is 5.32 Å². The third-order valence-corrected chi connectivity index (χ3v) is 4.00. The van der Waals surface area contributed by atoms with Crippen molar-refractivity contribution in [3.63, 3.8) is 0 Å². The van der Waals surface area contributed by atoms with Gasteiger partial charge in [-0.25, -0.2) is 0 Å². The second-order valence-corrected chi connectivity index (χ2v) is 6.28. The molecular weight excluding hydrogens is 328 g/mol. The van der Waals surface area contributed by atoms with E-state index in [9.17, 15) is 10.1 Å². The summed E-state index contributed by atoms with van der Waals surface area (Å²) < 4.78 is 11.0. The molecule has 0 saturated heterocycles. The summed E-state index contributed by atoms with van der Waals surface area (Å²) in [5, 5.41) is 12.1. The van der Waals surface area contributed by atoms with Crippen LogP contribution in [0.2, 0.25) is 0 Å². The van der Waals surface area contributed by atoms with Crippen LogP contribution in [0.15, 0.2) is 48.5 Å².